The van der Waals surface area contributed by atoms with Gasteiger partial charge in [-0.1, -0.05) is 0 Å². The Hall–Kier alpha value is -2.34. The number of hydrogen-bond donors (Lipinski definition) is 1. The molecule has 5 nitrogen and oxygen atoms in total. The summed E-state index contributed by atoms with van der Waals surface area (Å²) in [6.45, 7) is 2.14. The Morgan fingerprint density at radius 1 is 1.12 bits per heavy atom. The van der Waals surface area contributed by atoms with Gasteiger partial charge in [-0.3, -0.25) is 4.98 Å². The Labute approximate surface area is 146 Å². The van der Waals surface area contributed by atoms with Crippen molar-refractivity contribution >= 4 is 23.0 Å². The van der Waals surface area contributed by atoms with Crippen molar-refractivity contribution in [2.24, 2.45) is 0 Å². The summed E-state index contributed by atoms with van der Waals surface area (Å²) in [5.74, 6) is 1.55. The fourth-order valence-electron chi connectivity index (χ4n) is 3.26. The number of benzene rings is 1. The highest BCUT2D eigenvalue weighted by Crippen LogP contribution is 2.34. The van der Waals surface area contributed by atoms with Gasteiger partial charge in [-0.2, -0.15) is 0 Å². The third-order valence-corrected chi connectivity index (χ3v) is 4.73. The van der Waals surface area contributed by atoms with E-state index in [9.17, 15) is 0 Å². The fourth-order valence-corrected chi connectivity index (χ4v) is 3.59. The van der Waals surface area contributed by atoms with Crippen LogP contribution < -0.4 is 14.8 Å². The second-order valence-electron chi connectivity index (χ2n) is 5.92. The second kappa shape index (κ2) is 6.65. The molecule has 0 spiro atoms. The highest BCUT2D eigenvalue weighted by atomic mass is 32.1. The first-order chi connectivity index (χ1) is 11.8. The molecular formula is C18H19N3O2S. The SMILES string of the molecule is S=C(Nc1ccc2c(c1)OCCO2)N1CCCC1c1ccncc1. The van der Waals surface area contributed by atoms with E-state index >= 15 is 0 Å². The predicted octanol–water partition coefficient (Wildman–Crippen LogP) is 3.39. The minimum atomic E-state index is 0.310. The summed E-state index contributed by atoms with van der Waals surface area (Å²) in [6.07, 6.45) is 5.91. The maximum atomic E-state index is 5.65. The fraction of sp³-hybridized carbons (Fsp3) is 0.333. The highest BCUT2D eigenvalue weighted by molar-refractivity contribution is 7.80. The predicted molar refractivity (Wildman–Crippen MR) is 96.6 cm³/mol. The number of rotatable bonds is 2. The second-order valence-corrected chi connectivity index (χ2v) is 6.31. The number of likely N-dealkylation sites (tertiary alicyclic amines) is 1. The average Bonchev–Trinajstić information content (AvgIpc) is 3.12. The van der Waals surface area contributed by atoms with Gasteiger partial charge >= 0.3 is 0 Å². The molecule has 0 radical (unpaired) electrons. The lowest BCUT2D eigenvalue weighted by molar-refractivity contribution is 0.171. The van der Waals surface area contributed by atoms with E-state index in [1.54, 1.807) is 0 Å². The molecule has 1 aromatic carbocycles. The lowest BCUT2D eigenvalue weighted by Crippen LogP contribution is -2.34. The first-order valence-electron chi connectivity index (χ1n) is 8.18. The van der Waals surface area contributed by atoms with Crippen LogP contribution in [0.2, 0.25) is 0 Å². The average molecular weight is 341 g/mol. The van der Waals surface area contributed by atoms with E-state index in [2.05, 4.69) is 27.3 Å². The van der Waals surface area contributed by atoms with Crippen LogP contribution in [0, 0.1) is 0 Å². The van der Waals surface area contributed by atoms with Gasteiger partial charge in [-0.25, -0.2) is 0 Å². The minimum absolute atomic E-state index is 0.310. The van der Waals surface area contributed by atoms with Gasteiger partial charge in [-0.05, 0) is 54.9 Å². The maximum Gasteiger partial charge on any atom is 0.173 e. The van der Waals surface area contributed by atoms with Crippen molar-refractivity contribution in [1.29, 1.82) is 0 Å². The highest BCUT2D eigenvalue weighted by Gasteiger charge is 2.28. The topological polar surface area (TPSA) is 46.6 Å². The maximum absolute atomic E-state index is 5.65. The normalized spacial score (nSPS) is 19.2. The number of aromatic nitrogens is 1. The molecule has 124 valence electrons. The molecule has 1 N–H and O–H groups in total. The van der Waals surface area contributed by atoms with Crippen LogP contribution in [0.25, 0.3) is 0 Å². The Morgan fingerprint density at radius 2 is 1.92 bits per heavy atom. The summed E-state index contributed by atoms with van der Waals surface area (Å²) in [6, 6.07) is 10.3. The van der Waals surface area contributed by atoms with Crippen LogP contribution >= 0.6 is 12.2 Å². The van der Waals surface area contributed by atoms with Gasteiger partial charge in [0.05, 0.1) is 6.04 Å². The van der Waals surface area contributed by atoms with Gasteiger partial charge in [-0.15, -0.1) is 0 Å². The summed E-state index contributed by atoms with van der Waals surface area (Å²) in [4.78, 5) is 6.35. The zero-order chi connectivity index (χ0) is 16.4. The summed E-state index contributed by atoms with van der Waals surface area (Å²) in [5, 5.41) is 4.08. The standard InChI is InChI=1S/C18H19N3O2S/c24-18(20-14-3-4-16-17(12-14)23-11-10-22-16)21-9-1-2-15(21)13-5-7-19-8-6-13/h3-8,12,15H,1-2,9-11H2,(H,20,24). The van der Waals surface area contributed by atoms with Crippen LogP contribution in [0.1, 0.15) is 24.4 Å². The molecule has 1 unspecified atom stereocenters. The van der Waals surface area contributed by atoms with Gasteiger partial charge in [0.2, 0.25) is 0 Å². The van der Waals surface area contributed by atoms with E-state index < -0.39 is 0 Å². The van der Waals surface area contributed by atoms with Crippen LogP contribution in [0.4, 0.5) is 5.69 Å². The molecule has 6 heteroatoms. The summed E-state index contributed by atoms with van der Waals surface area (Å²) in [7, 11) is 0. The zero-order valence-corrected chi connectivity index (χ0v) is 14.1. The Bertz CT molecular complexity index is 738. The van der Waals surface area contributed by atoms with E-state index in [4.69, 9.17) is 21.7 Å². The largest absolute Gasteiger partial charge is 0.486 e. The Kier molecular flexibility index (Phi) is 4.21. The minimum Gasteiger partial charge on any atom is -0.486 e. The van der Waals surface area contributed by atoms with E-state index in [1.165, 1.54) is 5.56 Å². The lowest BCUT2D eigenvalue weighted by atomic mass is 10.1. The van der Waals surface area contributed by atoms with E-state index in [0.29, 0.717) is 19.3 Å². The molecule has 24 heavy (non-hydrogen) atoms. The smallest absolute Gasteiger partial charge is 0.173 e. The molecule has 0 amide bonds. The number of pyridine rings is 1. The third kappa shape index (κ3) is 3.01. The molecule has 2 aliphatic rings. The third-order valence-electron chi connectivity index (χ3n) is 4.40. The van der Waals surface area contributed by atoms with Gasteiger partial charge in [0.15, 0.2) is 16.6 Å². The van der Waals surface area contributed by atoms with Crippen LogP contribution in [-0.4, -0.2) is 34.8 Å². The summed E-state index contributed by atoms with van der Waals surface area (Å²) < 4.78 is 11.2. The Morgan fingerprint density at radius 3 is 2.75 bits per heavy atom. The van der Waals surface area contributed by atoms with Crippen LogP contribution in [-0.2, 0) is 0 Å². The number of hydrogen-bond acceptors (Lipinski definition) is 4. The van der Waals surface area contributed by atoms with Crippen molar-refractivity contribution < 1.29 is 9.47 Å². The molecule has 1 saturated heterocycles. The van der Waals surface area contributed by atoms with Crippen molar-refractivity contribution in [1.82, 2.24) is 9.88 Å². The lowest BCUT2D eigenvalue weighted by Gasteiger charge is -2.28. The number of thiocarbonyl (C=S) groups is 1. The van der Waals surface area contributed by atoms with Crippen molar-refractivity contribution in [3.63, 3.8) is 0 Å². The molecule has 2 aliphatic heterocycles. The number of ether oxygens (including phenoxy) is 2. The molecule has 3 heterocycles. The zero-order valence-electron chi connectivity index (χ0n) is 13.3. The summed E-state index contributed by atoms with van der Waals surface area (Å²) in [5.41, 5.74) is 2.18. The van der Waals surface area contributed by atoms with Crippen LogP contribution in [0.5, 0.6) is 11.5 Å². The van der Waals surface area contributed by atoms with E-state index in [0.717, 1.165) is 41.7 Å². The quantitative estimate of drug-likeness (QED) is 0.845. The van der Waals surface area contributed by atoms with Crippen molar-refractivity contribution in [3.05, 3.63) is 48.3 Å². The molecule has 0 bridgehead atoms. The molecule has 1 aromatic heterocycles. The van der Waals surface area contributed by atoms with Crippen molar-refractivity contribution in [3.8, 4) is 11.5 Å². The number of anilines is 1. The van der Waals surface area contributed by atoms with Gasteiger partial charge in [0.1, 0.15) is 13.2 Å². The van der Waals surface area contributed by atoms with E-state index in [-0.39, 0.29) is 0 Å². The van der Waals surface area contributed by atoms with E-state index in [1.807, 2.05) is 30.6 Å². The number of nitrogens with zero attached hydrogens (tertiary/aromatic N) is 2. The van der Waals surface area contributed by atoms with Gasteiger partial charge in [0, 0.05) is 30.7 Å². The van der Waals surface area contributed by atoms with Crippen LogP contribution in [0.3, 0.4) is 0 Å². The first kappa shape index (κ1) is 15.2. The van der Waals surface area contributed by atoms with Crippen LogP contribution in [0.15, 0.2) is 42.7 Å². The van der Waals surface area contributed by atoms with Crippen molar-refractivity contribution in [2.75, 3.05) is 25.1 Å². The van der Waals surface area contributed by atoms with Gasteiger partial charge < -0.3 is 19.7 Å². The molecule has 0 saturated carbocycles. The monoisotopic (exact) mass is 341 g/mol. The summed E-state index contributed by atoms with van der Waals surface area (Å²) >= 11 is 5.65. The number of fused-ring (bicyclic) bond motifs is 1. The van der Waals surface area contributed by atoms with Gasteiger partial charge in [0.25, 0.3) is 0 Å². The molecule has 4 rings (SSSR count). The molecule has 2 aromatic rings. The molecule has 0 aliphatic carbocycles. The number of nitrogens with one attached hydrogen (secondary N) is 1. The molecule has 1 fully saturated rings. The van der Waals surface area contributed by atoms with Crippen molar-refractivity contribution in [2.45, 2.75) is 18.9 Å². The molecular weight excluding hydrogens is 322 g/mol. The Balaban J connectivity index is 1.49. The molecule has 1 atom stereocenters. The first-order valence-corrected chi connectivity index (χ1v) is 8.59.